The SMILES string of the molecule is CCOC(=O)N1CCC(NC(=O)c2c(C)nn(-c3ccc(C)cc3)c2-n2cccc2)CC1. The first-order valence-electron chi connectivity index (χ1n) is 11.0. The van der Waals surface area contributed by atoms with Crippen molar-refractivity contribution in [2.24, 2.45) is 0 Å². The summed E-state index contributed by atoms with van der Waals surface area (Å²) in [6.07, 6.45) is 4.91. The number of carbonyl (C=O) groups is 2. The molecule has 4 rings (SSSR count). The van der Waals surface area contributed by atoms with E-state index in [2.05, 4.69) is 5.32 Å². The van der Waals surface area contributed by atoms with E-state index >= 15 is 0 Å². The molecule has 0 aliphatic carbocycles. The molecule has 0 saturated carbocycles. The van der Waals surface area contributed by atoms with Crippen molar-refractivity contribution in [3.8, 4) is 11.5 Å². The Hall–Kier alpha value is -3.55. The summed E-state index contributed by atoms with van der Waals surface area (Å²) in [5.41, 5.74) is 3.27. The molecule has 1 aromatic carbocycles. The molecule has 1 saturated heterocycles. The third-order valence-electron chi connectivity index (χ3n) is 5.75. The van der Waals surface area contributed by atoms with Gasteiger partial charge in [0.25, 0.3) is 5.91 Å². The lowest BCUT2D eigenvalue weighted by Gasteiger charge is -2.31. The molecule has 8 heteroatoms. The van der Waals surface area contributed by atoms with Gasteiger partial charge in [0.2, 0.25) is 0 Å². The lowest BCUT2D eigenvalue weighted by Crippen LogP contribution is -2.46. The molecule has 0 radical (unpaired) electrons. The number of carbonyl (C=O) groups excluding carboxylic acids is 2. The van der Waals surface area contributed by atoms with Crippen molar-refractivity contribution in [2.75, 3.05) is 19.7 Å². The number of nitrogens with one attached hydrogen (secondary N) is 1. The van der Waals surface area contributed by atoms with Crippen LogP contribution in [0.3, 0.4) is 0 Å². The highest BCUT2D eigenvalue weighted by atomic mass is 16.6. The van der Waals surface area contributed by atoms with Gasteiger partial charge in [0, 0.05) is 31.5 Å². The molecule has 168 valence electrons. The smallest absolute Gasteiger partial charge is 0.409 e. The van der Waals surface area contributed by atoms with E-state index in [1.165, 1.54) is 0 Å². The van der Waals surface area contributed by atoms with Crippen LogP contribution in [0.5, 0.6) is 0 Å². The number of likely N-dealkylation sites (tertiary alicyclic amines) is 1. The Bertz CT molecular complexity index is 1080. The van der Waals surface area contributed by atoms with E-state index in [1.807, 2.05) is 71.9 Å². The largest absolute Gasteiger partial charge is 0.450 e. The topological polar surface area (TPSA) is 81.4 Å². The number of rotatable bonds is 5. The Labute approximate surface area is 187 Å². The van der Waals surface area contributed by atoms with Gasteiger partial charge in [-0.2, -0.15) is 5.10 Å². The van der Waals surface area contributed by atoms with Crippen LogP contribution in [-0.4, -0.2) is 57.0 Å². The molecular weight excluding hydrogens is 406 g/mol. The van der Waals surface area contributed by atoms with Crippen LogP contribution < -0.4 is 5.32 Å². The fourth-order valence-electron chi connectivity index (χ4n) is 4.04. The highest BCUT2D eigenvalue weighted by Crippen LogP contribution is 2.24. The van der Waals surface area contributed by atoms with Gasteiger partial charge in [0.1, 0.15) is 5.56 Å². The third kappa shape index (κ3) is 4.39. The van der Waals surface area contributed by atoms with Crippen LogP contribution >= 0.6 is 0 Å². The van der Waals surface area contributed by atoms with Gasteiger partial charge in [-0.15, -0.1) is 0 Å². The molecule has 8 nitrogen and oxygen atoms in total. The lowest BCUT2D eigenvalue weighted by atomic mass is 10.0. The molecule has 1 aliphatic rings. The zero-order chi connectivity index (χ0) is 22.7. The van der Waals surface area contributed by atoms with Crippen LogP contribution in [0.2, 0.25) is 0 Å². The molecule has 0 bridgehead atoms. The molecule has 1 fully saturated rings. The maximum absolute atomic E-state index is 13.4. The Balaban J connectivity index is 1.58. The van der Waals surface area contributed by atoms with Gasteiger partial charge in [-0.05, 0) is 57.9 Å². The Morgan fingerprint density at radius 1 is 1.09 bits per heavy atom. The maximum Gasteiger partial charge on any atom is 0.409 e. The molecule has 0 spiro atoms. The first kappa shape index (κ1) is 21.7. The second-order valence-corrected chi connectivity index (χ2v) is 8.06. The number of ether oxygens (including phenoxy) is 1. The Kier molecular flexibility index (Phi) is 6.30. The summed E-state index contributed by atoms with van der Waals surface area (Å²) < 4.78 is 8.81. The third-order valence-corrected chi connectivity index (χ3v) is 5.75. The van der Waals surface area contributed by atoms with Crippen molar-refractivity contribution in [1.82, 2.24) is 24.6 Å². The van der Waals surface area contributed by atoms with Gasteiger partial charge in [-0.3, -0.25) is 4.79 Å². The summed E-state index contributed by atoms with van der Waals surface area (Å²) in [6, 6.07) is 11.9. The van der Waals surface area contributed by atoms with E-state index in [-0.39, 0.29) is 18.0 Å². The molecule has 3 aromatic rings. The number of nitrogens with zero attached hydrogens (tertiary/aromatic N) is 4. The van der Waals surface area contributed by atoms with E-state index in [0.29, 0.717) is 49.6 Å². The normalized spacial score (nSPS) is 14.4. The van der Waals surface area contributed by atoms with Crippen LogP contribution in [0.4, 0.5) is 4.79 Å². The Morgan fingerprint density at radius 2 is 1.75 bits per heavy atom. The summed E-state index contributed by atoms with van der Waals surface area (Å²) in [5.74, 6) is 0.553. The second-order valence-electron chi connectivity index (χ2n) is 8.06. The van der Waals surface area contributed by atoms with Gasteiger partial charge in [-0.25, -0.2) is 9.48 Å². The highest BCUT2D eigenvalue weighted by molar-refractivity contribution is 5.98. The van der Waals surface area contributed by atoms with Crippen molar-refractivity contribution in [1.29, 1.82) is 0 Å². The molecule has 2 aromatic heterocycles. The standard InChI is InChI=1S/C24H29N5O3/c1-4-32-24(31)28-15-11-19(12-16-28)25-22(30)21-18(3)26-29(20-9-7-17(2)8-10-20)23(21)27-13-5-6-14-27/h5-10,13-14,19H,4,11-12,15-16H2,1-3H3,(H,25,30). The minimum Gasteiger partial charge on any atom is -0.450 e. The zero-order valence-corrected chi connectivity index (χ0v) is 18.7. The van der Waals surface area contributed by atoms with Crippen molar-refractivity contribution in [2.45, 2.75) is 39.7 Å². The molecule has 2 amide bonds. The molecule has 1 N–H and O–H groups in total. The number of aryl methyl sites for hydroxylation is 2. The van der Waals surface area contributed by atoms with Crippen molar-refractivity contribution in [3.63, 3.8) is 0 Å². The number of piperidine rings is 1. The minimum atomic E-state index is -0.289. The number of benzene rings is 1. The summed E-state index contributed by atoms with van der Waals surface area (Å²) in [5, 5.41) is 7.86. The molecule has 1 aliphatic heterocycles. The van der Waals surface area contributed by atoms with Crippen molar-refractivity contribution >= 4 is 12.0 Å². The first-order chi connectivity index (χ1) is 15.5. The number of hydrogen-bond donors (Lipinski definition) is 1. The summed E-state index contributed by atoms with van der Waals surface area (Å²) >= 11 is 0. The maximum atomic E-state index is 13.4. The number of amides is 2. The predicted octanol–water partition coefficient (Wildman–Crippen LogP) is 3.63. The first-order valence-corrected chi connectivity index (χ1v) is 11.0. The van der Waals surface area contributed by atoms with Gasteiger partial charge < -0.3 is 19.5 Å². The van der Waals surface area contributed by atoms with Gasteiger partial charge >= 0.3 is 6.09 Å². The van der Waals surface area contributed by atoms with E-state index in [1.54, 1.807) is 11.8 Å². The monoisotopic (exact) mass is 435 g/mol. The fraction of sp³-hybridized carbons (Fsp3) is 0.375. The van der Waals surface area contributed by atoms with E-state index in [0.717, 1.165) is 11.3 Å². The fourth-order valence-corrected chi connectivity index (χ4v) is 4.04. The average Bonchev–Trinajstić information content (AvgIpc) is 3.42. The predicted molar refractivity (Wildman–Crippen MR) is 121 cm³/mol. The van der Waals surface area contributed by atoms with Crippen LogP contribution in [0.15, 0.2) is 48.8 Å². The van der Waals surface area contributed by atoms with Crippen molar-refractivity contribution < 1.29 is 14.3 Å². The molecular formula is C24H29N5O3. The van der Waals surface area contributed by atoms with Crippen molar-refractivity contribution in [3.05, 3.63) is 65.6 Å². The number of hydrogen-bond acceptors (Lipinski definition) is 4. The summed E-state index contributed by atoms with van der Waals surface area (Å²) in [4.78, 5) is 27.0. The lowest BCUT2D eigenvalue weighted by molar-refractivity contribution is 0.0859. The van der Waals surface area contributed by atoms with Crippen LogP contribution in [0.1, 0.15) is 41.4 Å². The Morgan fingerprint density at radius 3 is 2.38 bits per heavy atom. The summed E-state index contributed by atoms with van der Waals surface area (Å²) in [6.45, 7) is 7.19. The summed E-state index contributed by atoms with van der Waals surface area (Å²) in [7, 11) is 0. The second kappa shape index (κ2) is 9.30. The van der Waals surface area contributed by atoms with Crippen LogP contribution in [-0.2, 0) is 4.74 Å². The van der Waals surface area contributed by atoms with Gasteiger partial charge in [-0.1, -0.05) is 17.7 Å². The molecule has 0 atom stereocenters. The van der Waals surface area contributed by atoms with E-state index in [4.69, 9.17) is 9.84 Å². The van der Waals surface area contributed by atoms with E-state index < -0.39 is 0 Å². The quantitative estimate of drug-likeness (QED) is 0.664. The zero-order valence-electron chi connectivity index (χ0n) is 18.7. The molecule has 32 heavy (non-hydrogen) atoms. The van der Waals surface area contributed by atoms with Crippen LogP contribution in [0.25, 0.3) is 11.5 Å². The van der Waals surface area contributed by atoms with Gasteiger partial charge in [0.15, 0.2) is 5.82 Å². The average molecular weight is 436 g/mol. The van der Waals surface area contributed by atoms with E-state index in [9.17, 15) is 9.59 Å². The number of aromatic nitrogens is 3. The molecule has 0 unspecified atom stereocenters. The highest BCUT2D eigenvalue weighted by Gasteiger charge is 2.28. The minimum absolute atomic E-state index is 0.00665. The van der Waals surface area contributed by atoms with Gasteiger partial charge in [0.05, 0.1) is 18.0 Å². The molecule has 3 heterocycles. The van der Waals surface area contributed by atoms with Crippen LogP contribution in [0, 0.1) is 13.8 Å².